The van der Waals surface area contributed by atoms with Crippen LogP contribution in [0.1, 0.15) is 106 Å². The van der Waals surface area contributed by atoms with Gasteiger partial charge in [0.2, 0.25) is 0 Å². The van der Waals surface area contributed by atoms with E-state index in [0.717, 1.165) is 25.7 Å². The highest BCUT2D eigenvalue weighted by Gasteiger charge is 2.70. The minimum atomic E-state index is -2.06. The van der Waals surface area contributed by atoms with E-state index in [2.05, 4.69) is 33.8 Å². The number of carboxylic acids is 1. The second-order valence-corrected chi connectivity index (χ2v) is 25.8. The molecule has 23 nitrogen and oxygen atoms in total. The number of fused-ring (bicyclic) bond motifs is 7. The Morgan fingerprint density at radius 1 is 0.645 bits per heavy atom. The second kappa shape index (κ2) is 21.3. The molecule has 9 rings (SSSR count). The first kappa shape index (κ1) is 59.0. The van der Waals surface area contributed by atoms with Crippen LogP contribution >= 0.6 is 0 Å². The van der Waals surface area contributed by atoms with Crippen LogP contribution in [0.4, 0.5) is 0 Å². The van der Waals surface area contributed by atoms with Crippen LogP contribution in [0.25, 0.3) is 0 Å². The number of carboxylic acid groups (broad SMARTS) is 1. The molecule has 14 N–H and O–H groups in total. The Balaban J connectivity index is 0.952. The Labute approximate surface area is 442 Å². The lowest BCUT2D eigenvalue weighted by Crippen LogP contribution is -2.68. The number of rotatable bonds is 12. The molecule has 23 heteroatoms. The maximum atomic E-state index is 12.5. The first-order chi connectivity index (χ1) is 35.5. The van der Waals surface area contributed by atoms with Crippen molar-refractivity contribution in [3.8, 4) is 0 Å². The zero-order valence-corrected chi connectivity index (χ0v) is 44.6. The topological polar surface area (TPSA) is 374 Å². The minimum absolute atomic E-state index is 0.0327. The minimum Gasteiger partial charge on any atom is -0.479 e. The largest absolute Gasteiger partial charge is 0.479 e. The number of aliphatic carboxylic acids is 1. The molecule has 8 fully saturated rings. The number of hydrogen-bond donors (Lipinski definition) is 14. The molecule has 0 unspecified atom stereocenters. The van der Waals surface area contributed by atoms with Gasteiger partial charge in [-0.05, 0) is 104 Å². The number of aliphatic hydroxyl groups excluding tert-OH is 13. The van der Waals surface area contributed by atoms with Crippen molar-refractivity contribution in [2.75, 3.05) is 26.4 Å². The molecule has 5 aliphatic carbocycles. The molecule has 0 aromatic rings. The summed E-state index contributed by atoms with van der Waals surface area (Å²) in [5.74, 6) is -1.67. The van der Waals surface area contributed by atoms with Crippen LogP contribution in [0.15, 0.2) is 11.6 Å². The van der Waals surface area contributed by atoms with Crippen molar-refractivity contribution in [3.63, 3.8) is 0 Å². The summed E-state index contributed by atoms with van der Waals surface area (Å²) in [7, 11) is 0. The average molecular weight is 1090 g/mol. The maximum absolute atomic E-state index is 12.5. The molecule has 0 aromatic heterocycles. The third-order valence-electron chi connectivity index (χ3n) is 21.4. The molecule has 0 radical (unpaired) electrons. The van der Waals surface area contributed by atoms with Crippen LogP contribution in [0, 0.1) is 50.2 Å². The zero-order valence-electron chi connectivity index (χ0n) is 44.6. The van der Waals surface area contributed by atoms with Crippen LogP contribution in [-0.4, -0.2) is 233 Å². The van der Waals surface area contributed by atoms with Gasteiger partial charge in [-0.25, -0.2) is 4.79 Å². The van der Waals surface area contributed by atoms with Gasteiger partial charge in [-0.1, -0.05) is 53.2 Å². The van der Waals surface area contributed by atoms with E-state index in [4.69, 9.17) is 37.9 Å². The van der Waals surface area contributed by atoms with Crippen LogP contribution in [0.5, 0.6) is 0 Å². The molecule has 0 aromatic carbocycles. The summed E-state index contributed by atoms with van der Waals surface area (Å²) in [6.07, 6.45) is -24.4. The monoisotopic (exact) mass is 1090 g/mol. The predicted octanol–water partition coefficient (Wildman–Crippen LogP) is -1.86. The number of hydrogen-bond acceptors (Lipinski definition) is 22. The normalized spacial score (nSPS) is 56.6. The molecule has 4 saturated heterocycles. The van der Waals surface area contributed by atoms with Crippen LogP contribution < -0.4 is 0 Å². The maximum Gasteiger partial charge on any atom is 0.335 e. The lowest BCUT2D eigenvalue weighted by atomic mass is 9.33. The molecule has 436 valence electrons. The highest BCUT2D eigenvalue weighted by molar-refractivity contribution is 5.73. The summed E-state index contributed by atoms with van der Waals surface area (Å²) >= 11 is 0. The van der Waals surface area contributed by atoms with Gasteiger partial charge >= 0.3 is 5.97 Å². The molecule has 30 atom stereocenters. The van der Waals surface area contributed by atoms with E-state index in [1.165, 1.54) is 12.5 Å². The van der Waals surface area contributed by atoms with Crippen molar-refractivity contribution in [1.29, 1.82) is 0 Å². The van der Waals surface area contributed by atoms with Crippen molar-refractivity contribution < 1.29 is 114 Å². The summed E-state index contributed by atoms with van der Waals surface area (Å²) in [4.78, 5) is 12.5. The fourth-order valence-corrected chi connectivity index (χ4v) is 16.3. The molecule has 0 bridgehead atoms. The van der Waals surface area contributed by atoms with E-state index in [-0.39, 0.29) is 47.2 Å². The van der Waals surface area contributed by atoms with E-state index >= 15 is 0 Å². The first-order valence-electron chi connectivity index (χ1n) is 27.3. The highest BCUT2D eigenvalue weighted by atomic mass is 16.8. The Bertz CT molecular complexity index is 2100. The number of ether oxygens (including phenoxy) is 8. The van der Waals surface area contributed by atoms with Gasteiger partial charge in [0.1, 0.15) is 79.4 Å². The lowest BCUT2D eigenvalue weighted by molar-refractivity contribution is -0.387. The molecule has 0 spiro atoms. The third-order valence-corrected chi connectivity index (χ3v) is 21.4. The van der Waals surface area contributed by atoms with Crippen LogP contribution in [0.2, 0.25) is 0 Å². The Morgan fingerprint density at radius 2 is 1.30 bits per heavy atom. The molecular weight excluding hydrogens is 1000 g/mol. The molecule has 4 aliphatic heterocycles. The van der Waals surface area contributed by atoms with Gasteiger partial charge in [-0.15, -0.1) is 0 Å². The van der Waals surface area contributed by atoms with E-state index in [0.29, 0.717) is 32.1 Å². The van der Waals surface area contributed by atoms with Crippen molar-refractivity contribution in [3.05, 3.63) is 11.6 Å². The summed E-state index contributed by atoms with van der Waals surface area (Å²) in [6.45, 7) is 13.2. The Hall–Kier alpha value is -1.63. The van der Waals surface area contributed by atoms with Crippen molar-refractivity contribution in [2.45, 2.75) is 235 Å². The number of aliphatic hydroxyl groups is 13. The van der Waals surface area contributed by atoms with E-state index < -0.39 is 164 Å². The summed E-state index contributed by atoms with van der Waals surface area (Å²) in [5, 5.41) is 151. The summed E-state index contributed by atoms with van der Waals surface area (Å²) < 4.78 is 48.0. The third kappa shape index (κ3) is 9.46. The Morgan fingerprint density at radius 3 is 1.97 bits per heavy atom. The van der Waals surface area contributed by atoms with E-state index in [9.17, 15) is 76.3 Å². The second-order valence-electron chi connectivity index (χ2n) is 25.8. The van der Waals surface area contributed by atoms with E-state index in [1.54, 1.807) is 0 Å². The molecule has 9 aliphatic rings. The smallest absolute Gasteiger partial charge is 0.335 e. The van der Waals surface area contributed by atoms with Crippen LogP contribution in [-0.2, 0) is 42.7 Å². The summed E-state index contributed by atoms with van der Waals surface area (Å²) in [5.41, 5.74) is -1.62. The molecule has 76 heavy (non-hydrogen) atoms. The van der Waals surface area contributed by atoms with Gasteiger partial charge in [0.05, 0.1) is 44.7 Å². The van der Waals surface area contributed by atoms with Gasteiger partial charge < -0.3 is 109 Å². The van der Waals surface area contributed by atoms with E-state index in [1.807, 2.05) is 13.8 Å². The fraction of sp³-hybridized carbons (Fsp3) is 0.943. The summed E-state index contributed by atoms with van der Waals surface area (Å²) in [6, 6.07) is 0. The van der Waals surface area contributed by atoms with Crippen molar-refractivity contribution in [2.24, 2.45) is 50.2 Å². The predicted molar refractivity (Wildman–Crippen MR) is 259 cm³/mol. The zero-order chi connectivity index (χ0) is 55.6. The number of carbonyl (C=O) groups is 1. The van der Waals surface area contributed by atoms with Crippen molar-refractivity contribution >= 4 is 5.97 Å². The molecule has 4 heterocycles. The molecule has 0 amide bonds. The van der Waals surface area contributed by atoms with Gasteiger partial charge in [-0.2, -0.15) is 0 Å². The van der Waals surface area contributed by atoms with Gasteiger partial charge in [0.15, 0.2) is 31.3 Å². The standard InChI is InChI=1S/C53H86O23/c1-22-31(58)34(61)39(66)45(71-22)75-41-32(59)25(56)19-69-46(41)76-42-37(64)36(63)40(43(67)68)74-47(42)73-30-11-12-50(4)27(51(30,5)20-55)10-13-53(7)28(50)9-8-23-24-16-48(2,17-29(57)49(24,3)14-15-52(23,53)6)21-70-44-38(65)35(62)33(60)26(18-54)72-44/h8,22,24-42,44-47,54-66H,9-21H2,1-7H3,(H,67,68)/t22-,24-,25+,26+,27+,28+,29+,30-,31-,32-,33+,34+,35-,36-,37-,38+,39+,40-,41+,42+,44+,45-,46-,47+,48+,49+,50-,51+,52+,53+/m0/s1. The van der Waals surface area contributed by atoms with Gasteiger partial charge in [0.25, 0.3) is 0 Å². The fourth-order valence-electron chi connectivity index (χ4n) is 16.3. The number of allylic oxidation sites excluding steroid dienone is 2. The van der Waals surface area contributed by atoms with Gasteiger partial charge in [0, 0.05) is 10.8 Å². The Kier molecular flexibility index (Phi) is 16.5. The lowest BCUT2D eigenvalue weighted by Gasteiger charge is -2.72. The van der Waals surface area contributed by atoms with Crippen LogP contribution in [0.3, 0.4) is 0 Å². The molecular formula is C53H86O23. The average Bonchev–Trinajstić information content (AvgIpc) is 3.51. The first-order valence-corrected chi connectivity index (χ1v) is 27.3. The van der Waals surface area contributed by atoms with Gasteiger partial charge in [-0.3, -0.25) is 0 Å². The quantitative estimate of drug-likeness (QED) is 0.0753. The SMILES string of the molecule is C[C@@H]1O[C@@H](O[C@H]2[C@H](O[C@H]3[C@H](O[C@H]4CC[C@@]5(C)[C@@H](CC[C@]6(C)[C@@H]5CC=C5[C@@H]7C[C@@](C)(CO[C@@H]8O[C@H](CO)[C@@H](O)[C@H](O)[C@H]8O)C[C@@H](O)[C@]7(C)CC[C@]56C)[C@@]4(C)CO)O[C@H](C(=O)O)[C@@H](O)[C@@H]3O)OC[C@@H](O)[C@@H]2O)[C@H](O)[C@H](O)[C@H]1O. The highest BCUT2D eigenvalue weighted by Crippen LogP contribution is 2.76. The van der Waals surface area contributed by atoms with Crippen molar-refractivity contribution in [1.82, 2.24) is 0 Å². The molecule has 4 saturated carbocycles.